The van der Waals surface area contributed by atoms with Crippen LogP contribution >= 0.6 is 0 Å². The zero-order chi connectivity index (χ0) is 20.7. The molecule has 0 spiro atoms. The number of hydrogen-bond acceptors (Lipinski definition) is 5. The van der Waals surface area contributed by atoms with E-state index in [2.05, 4.69) is 0 Å². The summed E-state index contributed by atoms with van der Waals surface area (Å²) in [6, 6.07) is 13.6. The van der Waals surface area contributed by atoms with Gasteiger partial charge in [0.2, 0.25) is 6.10 Å². The smallest absolute Gasteiger partial charge is 0.348 e. The molecule has 2 rings (SSSR count). The minimum absolute atomic E-state index is 0.0389. The van der Waals surface area contributed by atoms with Crippen molar-refractivity contribution in [3.63, 3.8) is 0 Å². The van der Waals surface area contributed by atoms with Crippen molar-refractivity contribution in [1.82, 2.24) is 0 Å². The molecule has 0 aliphatic rings. The highest BCUT2D eigenvalue weighted by molar-refractivity contribution is 5.91. The van der Waals surface area contributed by atoms with Crippen LogP contribution in [0.4, 0.5) is 8.78 Å². The molecular weight excluding hydrogens is 370 g/mol. The van der Waals surface area contributed by atoms with E-state index in [4.69, 9.17) is 14.2 Å². The normalized spacial score (nSPS) is 13.3. The lowest BCUT2D eigenvalue weighted by Crippen LogP contribution is -2.42. The summed E-state index contributed by atoms with van der Waals surface area (Å²) in [5.41, 5.74) is 0.261. The lowest BCUT2D eigenvalue weighted by atomic mass is 9.87. The highest BCUT2D eigenvalue weighted by Gasteiger charge is 2.47. The summed E-state index contributed by atoms with van der Waals surface area (Å²) in [4.78, 5) is 24.9. The molecule has 2 unspecified atom stereocenters. The predicted octanol–water partition coefficient (Wildman–Crippen LogP) is 4.22. The van der Waals surface area contributed by atoms with E-state index in [9.17, 15) is 18.4 Å². The average Bonchev–Trinajstić information content (AvgIpc) is 2.67. The van der Waals surface area contributed by atoms with Gasteiger partial charge in [-0.2, -0.15) is 0 Å². The van der Waals surface area contributed by atoms with Gasteiger partial charge in [0.1, 0.15) is 5.75 Å². The molecule has 0 aliphatic heterocycles. The average molecular weight is 392 g/mol. The monoisotopic (exact) mass is 392 g/mol. The van der Waals surface area contributed by atoms with Crippen molar-refractivity contribution in [2.75, 3.05) is 13.7 Å². The summed E-state index contributed by atoms with van der Waals surface area (Å²) in [6.07, 6.45) is -1.82. The van der Waals surface area contributed by atoms with Crippen LogP contribution in [-0.4, -0.2) is 37.7 Å². The molecule has 2 atom stereocenters. The van der Waals surface area contributed by atoms with Crippen molar-refractivity contribution in [1.29, 1.82) is 0 Å². The largest absolute Gasteiger partial charge is 0.497 e. The second-order valence-corrected chi connectivity index (χ2v) is 6.15. The number of benzene rings is 2. The van der Waals surface area contributed by atoms with Crippen LogP contribution in [0.3, 0.4) is 0 Å². The second kappa shape index (κ2) is 9.30. The van der Waals surface area contributed by atoms with Crippen LogP contribution in [0, 0.1) is 0 Å². The first-order valence-electron chi connectivity index (χ1n) is 8.72. The lowest BCUT2D eigenvalue weighted by Gasteiger charge is -2.30. The Kier molecular flexibility index (Phi) is 7.09. The van der Waals surface area contributed by atoms with Crippen LogP contribution in [0.1, 0.15) is 35.7 Å². The molecule has 0 saturated heterocycles. The maximum Gasteiger partial charge on any atom is 0.348 e. The van der Waals surface area contributed by atoms with Crippen LogP contribution in [0.5, 0.6) is 5.75 Å². The van der Waals surface area contributed by atoms with Gasteiger partial charge >= 0.3 is 11.9 Å². The van der Waals surface area contributed by atoms with Gasteiger partial charge in [0.15, 0.2) is 0 Å². The van der Waals surface area contributed by atoms with E-state index < -0.39 is 29.9 Å². The maximum atomic E-state index is 14.5. The molecule has 150 valence electrons. The Morgan fingerprint density at radius 2 is 1.64 bits per heavy atom. The molecule has 2 aromatic rings. The number of carbonyl (C=O) groups is 2. The molecule has 0 aliphatic carbocycles. The van der Waals surface area contributed by atoms with E-state index in [1.807, 2.05) is 0 Å². The number of esters is 2. The Balaban J connectivity index is 2.43. The Morgan fingerprint density at radius 3 is 2.14 bits per heavy atom. The molecule has 5 nitrogen and oxygen atoms in total. The Bertz CT molecular complexity index is 785. The van der Waals surface area contributed by atoms with E-state index in [1.165, 1.54) is 43.5 Å². The molecule has 0 radical (unpaired) electrons. The first kappa shape index (κ1) is 21.3. The summed E-state index contributed by atoms with van der Waals surface area (Å²) < 4.78 is 44.2. The summed E-state index contributed by atoms with van der Waals surface area (Å²) in [7, 11) is 1.45. The van der Waals surface area contributed by atoms with Crippen molar-refractivity contribution < 1.29 is 32.6 Å². The SMILES string of the molecule is CCOC(=O)C(OC(=O)c1ccccc1)C(c1ccc(OC)cc1)C(C)(F)F. The minimum Gasteiger partial charge on any atom is -0.497 e. The third-order valence-corrected chi connectivity index (χ3v) is 4.09. The lowest BCUT2D eigenvalue weighted by molar-refractivity contribution is -0.161. The first-order chi connectivity index (χ1) is 13.3. The second-order valence-electron chi connectivity index (χ2n) is 6.15. The van der Waals surface area contributed by atoms with Gasteiger partial charge in [-0.05, 0) is 36.8 Å². The maximum absolute atomic E-state index is 14.5. The fourth-order valence-electron chi connectivity index (χ4n) is 2.78. The predicted molar refractivity (Wildman–Crippen MR) is 98.6 cm³/mol. The number of ether oxygens (including phenoxy) is 3. The van der Waals surface area contributed by atoms with E-state index in [-0.39, 0.29) is 17.7 Å². The van der Waals surface area contributed by atoms with E-state index >= 15 is 0 Å². The van der Waals surface area contributed by atoms with Gasteiger partial charge < -0.3 is 14.2 Å². The summed E-state index contributed by atoms with van der Waals surface area (Å²) in [5.74, 6) is -6.56. The summed E-state index contributed by atoms with van der Waals surface area (Å²) in [5, 5.41) is 0. The number of methoxy groups -OCH3 is 1. The molecule has 0 aromatic heterocycles. The van der Waals surface area contributed by atoms with E-state index in [0.29, 0.717) is 12.7 Å². The van der Waals surface area contributed by atoms with Crippen LogP contribution in [-0.2, 0) is 14.3 Å². The number of halogens is 2. The molecule has 7 heteroatoms. The number of carbonyl (C=O) groups excluding carboxylic acids is 2. The zero-order valence-corrected chi connectivity index (χ0v) is 15.9. The third-order valence-electron chi connectivity index (χ3n) is 4.09. The van der Waals surface area contributed by atoms with Gasteiger partial charge in [-0.1, -0.05) is 30.3 Å². The molecule has 0 amide bonds. The van der Waals surface area contributed by atoms with Gasteiger partial charge in [-0.15, -0.1) is 0 Å². The van der Waals surface area contributed by atoms with E-state index in [0.717, 1.165) is 0 Å². The minimum atomic E-state index is -3.37. The molecule has 0 fully saturated rings. The number of hydrogen-bond donors (Lipinski definition) is 0. The van der Waals surface area contributed by atoms with Gasteiger partial charge in [0.25, 0.3) is 5.92 Å². The van der Waals surface area contributed by atoms with Gasteiger partial charge in [-0.3, -0.25) is 0 Å². The van der Waals surface area contributed by atoms with Crippen LogP contribution < -0.4 is 4.74 Å². The molecule has 2 aromatic carbocycles. The highest BCUT2D eigenvalue weighted by atomic mass is 19.3. The quantitative estimate of drug-likeness (QED) is 0.630. The Hall–Kier alpha value is -2.96. The number of rotatable bonds is 8. The van der Waals surface area contributed by atoms with Gasteiger partial charge in [-0.25, -0.2) is 18.4 Å². The van der Waals surface area contributed by atoms with E-state index in [1.54, 1.807) is 25.1 Å². The van der Waals surface area contributed by atoms with Crippen molar-refractivity contribution in [3.05, 3.63) is 65.7 Å². The van der Waals surface area contributed by atoms with Gasteiger partial charge in [0, 0.05) is 6.92 Å². The van der Waals surface area contributed by atoms with Crippen molar-refractivity contribution in [2.45, 2.75) is 31.8 Å². The van der Waals surface area contributed by atoms with Crippen LogP contribution in [0.2, 0.25) is 0 Å². The standard InChI is InChI=1S/C21H22F2O5/c1-4-27-20(25)18(28-19(24)15-8-6-5-7-9-15)17(21(2,22)23)14-10-12-16(26-3)13-11-14/h5-13,17-18H,4H2,1-3H3. The van der Waals surface area contributed by atoms with Crippen molar-refractivity contribution in [2.24, 2.45) is 0 Å². The zero-order valence-electron chi connectivity index (χ0n) is 15.9. The molecule has 0 heterocycles. The van der Waals surface area contributed by atoms with Gasteiger partial charge in [0.05, 0.1) is 25.2 Å². The third kappa shape index (κ3) is 5.28. The molecule has 28 heavy (non-hydrogen) atoms. The summed E-state index contributed by atoms with van der Waals surface area (Å²) in [6.45, 7) is 2.17. The summed E-state index contributed by atoms with van der Waals surface area (Å²) >= 11 is 0. The number of alkyl halides is 2. The highest BCUT2D eigenvalue weighted by Crippen LogP contribution is 2.38. The Morgan fingerprint density at radius 1 is 1.04 bits per heavy atom. The Labute approximate surface area is 162 Å². The molecule has 0 saturated carbocycles. The topological polar surface area (TPSA) is 61.8 Å². The molecule has 0 bridgehead atoms. The molecule has 0 N–H and O–H groups in total. The van der Waals surface area contributed by atoms with Crippen molar-refractivity contribution >= 4 is 11.9 Å². The first-order valence-corrected chi connectivity index (χ1v) is 8.72. The fourth-order valence-corrected chi connectivity index (χ4v) is 2.78. The molecular formula is C21H22F2O5. The fraction of sp³-hybridized carbons (Fsp3) is 0.333. The van der Waals surface area contributed by atoms with Crippen LogP contribution in [0.15, 0.2) is 54.6 Å². The van der Waals surface area contributed by atoms with Crippen molar-refractivity contribution in [3.8, 4) is 5.75 Å². The van der Waals surface area contributed by atoms with Crippen LogP contribution in [0.25, 0.3) is 0 Å².